The monoisotopic (exact) mass is 441 g/mol. The van der Waals surface area contributed by atoms with Crippen molar-refractivity contribution in [3.05, 3.63) is 102 Å². The molecule has 0 radical (unpaired) electrons. The van der Waals surface area contributed by atoms with Gasteiger partial charge < -0.3 is 10.7 Å². The van der Waals surface area contributed by atoms with Gasteiger partial charge in [0, 0.05) is 12.1 Å². The number of amides is 1. The van der Waals surface area contributed by atoms with Gasteiger partial charge in [-0.25, -0.2) is 4.68 Å². The van der Waals surface area contributed by atoms with Crippen LogP contribution in [0.15, 0.2) is 90.1 Å². The first-order chi connectivity index (χ1) is 15.7. The SMILES string of the molecule is Cc1ccc(CNC(=O)[C@@H]2Sc3nnc(-c4ccccc4)n3N[C@H]2c2ccccc2)cc1. The van der Waals surface area contributed by atoms with Crippen molar-refractivity contribution >= 4 is 17.7 Å². The Labute approximate surface area is 191 Å². The van der Waals surface area contributed by atoms with E-state index in [0.717, 1.165) is 22.5 Å². The number of fused-ring (bicyclic) bond motifs is 1. The summed E-state index contributed by atoms with van der Waals surface area (Å²) in [4.78, 5) is 13.3. The topological polar surface area (TPSA) is 71.8 Å². The molecule has 0 fully saturated rings. The molecule has 3 aromatic carbocycles. The van der Waals surface area contributed by atoms with Crippen molar-refractivity contribution in [2.45, 2.75) is 29.9 Å². The van der Waals surface area contributed by atoms with Gasteiger partial charge in [0.25, 0.3) is 0 Å². The summed E-state index contributed by atoms with van der Waals surface area (Å²) in [6.07, 6.45) is 0. The van der Waals surface area contributed by atoms with E-state index >= 15 is 0 Å². The maximum absolute atomic E-state index is 13.3. The third-order valence-corrected chi connectivity index (χ3v) is 6.69. The van der Waals surface area contributed by atoms with Gasteiger partial charge in [-0.15, -0.1) is 10.2 Å². The summed E-state index contributed by atoms with van der Waals surface area (Å²) >= 11 is 1.44. The molecule has 0 saturated carbocycles. The molecule has 0 spiro atoms. The van der Waals surface area contributed by atoms with Crippen LogP contribution in [0.1, 0.15) is 22.7 Å². The fraction of sp³-hybridized carbons (Fsp3) is 0.160. The van der Waals surface area contributed by atoms with E-state index in [1.807, 2.05) is 77.5 Å². The summed E-state index contributed by atoms with van der Waals surface area (Å²) in [5.41, 5.74) is 7.78. The van der Waals surface area contributed by atoms with Crippen molar-refractivity contribution < 1.29 is 4.79 Å². The first-order valence-electron chi connectivity index (χ1n) is 10.5. The molecule has 4 aromatic rings. The van der Waals surface area contributed by atoms with E-state index in [0.29, 0.717) is 11.7 Å². The number of hydrogen-bond donors (Lipinski definition) is 2. The third-order valence-electron chi connectivity index (χ3n) is 5.47. The Kier molecular flexibility index (Phi) is 5.64. The smallest absolute Gasteiger partial charge is 0.236 e. The highest BCUT2D eigenvalue weighted by Gasteiger charge is 2.37. The van der Waals surface area contributed by atoms with E-state index in [9.17, 15) is 4.79 Å². The second-order valence-corrected chi connectivity index (χ2v) is 8.88. The Morgan fingerprint density at radius 2 is 1.66 bits per heavy atom. The molecule has 2 atom stereocenters. The Balaban J connectivity index is 1.43. The molecule has 1 amide bonds. The summed E-state index contributed by atoms with van der Waals surface area (Å²) in [6.45, 7) is 2.54. The van der Waals surface area contributed by atoms with Crippen molar-refractivity contribution in [3.8, 4) is 11.4 Å². The molecule has 7 heteroatoms. The molecule has 160 valence electrons. The van der Waals surface area contributed by atoms with Crippen molar-refractivity contribution in [1.82, 2.24) is 20.2 Å². The molecule has 0 unspecified atom stereocenters. The number of benzene rings is 3. The Morgan fingerprint density at radius 3 is 2.38 bits per heavy atom. The van der Waals surface area contributed by atoms with Crippen molar-refractivity contribution in [3.63, 3.8) is 0 Å². The van der Waals surface area contributed by atoms with E-state index in [1.54, 1.807) is 0 Å². The molecule has 1 aliphatic rings. The third kappa shape index (κ3) is 4.11. The van der Waals surface area contributed by atoms with Crippen LogP contribution in [0.5, 0.6) is 0 Å². The number of nitrogens with zero attached hydrogens (tertiary/aromatic N) is 3. The van der Waals surface area contributed by atoms with Crippen molar-refractivity contribution in [2.24, 2.45) is 0 Å². The number of aromatic nitrogens is 3. The quantitative estimate of drug-likeness (QED) is 0.482. The maximum Gasteiger partial charge on any atom is 0.236 e. The van der Waals surface area contributed by atoms with E-state index in [4.69, 9.17) is 0 Å². The predicted octanol–water partition coefficient (Wildman–Crippen LogP) is 4.33. The van der Waals surface area contributed by atoms with Crippen LogP contribution in [0.4, 0.5) is 0 Å². The Hall–Kier alpha value is -3.58. The second kappa shape index (κ2) is 8.88. The van der Waals surface area contributed by atoms with Gasteiger partial charge in [0.2, 0.25) is 11.1 Å². The molecule has 1 aliphatic heterocycles. The van der Waals surface area contributed by atoms with E-state index in [-0.39, 0.29) is 17.2 Å². The van der Waals surface area contributed by atoms with Gasteiger partial charge >= 0.3 is 0 Å². The lowest BCUT2D eigenvalue weighted by molar-refractivity contribution is -0.121. The van der Waals surface area contributed by atoms with Crippen LogP contribution in [0, 0.1) is 6.92 Å². The van der Waals surface area contributed by atoms with Gasteiger partial charge in [0.1, 0.15) is 5.25 Å². The molecule has 0 bridgehead atoms. The highest BCUT2D eigenvalue weighted by Crippen LogP contribution is 2.38. The minimum atomic E-state index is -0.386. The molecular weight excluding hydrogens is 418 g/mol. The van der Waals surface area contributed by atoms with Gasteiger partial charge in [-0.05, 0) is 18.1 Å². The van der Waals surface area contributed by atoms with Crippen LogP contribution < -0.4 is 10.7 Å². The molecule has 0 aliphatic carbocycles. The molecule has 32 heavy (non-hydrogen) atoms. The van der Waals surface area contributed by atoms with E-state index < -0.39 is 0 Å². The molecule has 2 N–H and O–H groups in total. The number of nitrogens with one attached hydrogen (secondary N) is 2. The average Bonchev–Trinajstić information content (AvgIpc) is 3.27. The lowest BCUT2D eigenvalue weighted by Crippen LogP contribution is -2.43. The number of aryl methyl sites for hydroxylation is 1. The summed E-state index contributed by atoms with van der Waals surface area (Å²) in [6, 6.07) is 27.9. The lowest BCUT2D eigenvalue weighted by Gasteiger charge is -2.33. The Morgan fingerprint density at radius 1 is 0.969 bits per heavy atom. The molecule has 1 aromatic heterocycles. The van der Waals surface area contributed by atoms with Gasteiger partial charge in [0.15, 0.2) is 5.82 Å². The lowest BCUT2D eigenvalue weighted by atomic mass is 10.0. The predicted molar refractivity (Wildman–Crippen MR) is 127 cm³/mol. The maximum atomic E-state index is 13.3. The Bertz CT molecular complexity index is 1210. The van der Waals surface area contributed by atoms with Gasteiger partial charge in [-0.2, -0.15) is 0 Å². The first-order valence-corrected chi connectivity index (χ1v) is 11.4. The molecule has 6 nitrogen and oxygen atoms in total. The summed E-state index contributed by atoms with van der Waals surface area (Å²) in [7, 11) is 0. The van der Waals surface area contributed by atoms with Crippen LogP contribution in [-0.4, -0.2) is 26.0 Å². The molecular formula is C25H23N5OS. The summed E-state index contributed by atoms with van der Waals surface area (Å²) in [5, 5.41) is 12.1. The van der Waals surface area contributed by atoms with Gasteiger partial charge in [-0.1, -0.05) is 102 Å². The number of rotatable bonds is 5. The summed E-state index contributed by atoms with van der Waals surface area (Å²) in [5.74, 6) is 0.694. The van der Waals surface area contributed by atoms with Crippen LogP contribution >= 0.6 is 11.8 Å². The summed E-state index contributed by atoms with van der Waals surface area (Å²) < 4.78 is 1.89. The second-order valence-electron chi connectivity index (χ2n) is 7.77. The molecule has 0 saturated heterocycles. The molecule has 2 heterocycles. The van der Waals surface area contributed by atoms with Gasteiger partial charge in [0.05, 0.1) is 6.04 Å². The zero-order valence-corrected chi connectivity index (χ0v) is 18.4. The van der Waals surface area contributed by atoms with Crippen LogP contribution in [0.3, 0.4) is 0 Å². The average molecular weight is 442 g/mol. The minimum absolute atomic E-state index is 0.0348. The number of hydrogen-bond acceptors (Lipinski definition) is 5. The first kappa shape index (κ1) is 20.3. The zero-order valence-electron chi connectivity index (χ0n) is 17.6. The number of carbonyl (C=O) groups excluding carboxylic acids is 1. The molecule has 5 rings (SSSR count). The largest absolute Gasteiger partial charge is 0.351 e. The van der Waals surface area contributed by atoms with Crippen molar-refractivity contribution in [1.29, 1.82) is 0 Å². The standard InChI is InChI=1S/C25H23N5OS/c1-17-12-14-18(15-13-17)16-26-24(31)22-21(19-8-4-2-5-9-19)29-30-23(27-28-25(30)32-22)20-10-6-3-7-11-20/h2-15,21-22,29H,16H2,1H3,(H,26,31)/t21-,22+/m0/s1. The fourth-order valence-corrected chi connectivity index (χ4v) is 4.84. The zero-order chi connectivity index (χ0) is 21.9. The van der Waals surface area contributed by atoms with Crippen LogP contribution in [0.25, 0.3) is 11.4 Å². The van der Waals surface area contributed by atoms with Crippen LogP contribution in [0.2, 0.25) is 0 Å². The highest BCUT2D eigenvalue weighted by molar-refractivity contribution is 8.00. The van der Waals surface area contributed by atoms with Crippen LogP contribution in [-0.2, 0) is 11.3 Å². The van der Waals surface area contributed by atoms with Crippen molar-refractivity contribution in [2.75, 3.05) is 5.43 Å². The van der Waals surface area contributed by atoms with Gasteiger partial charge in [-0.3, -0.25) is 4.79 Å². The number of thioether (sulfide) groups is 1. The van der Waals surface area contributed by atoms with E-state index in [1.165, 1.54) is 17.3 Å². The van der Waals surface area contributed by atoms with E-state index in [2.05, 4.69) is 40.0 Å². The minimum Gasteiger partial charge on any atom is -0.351 e. The fourth-order valence-electron chi connectivity index (χ4n) is 3.74. The normalized spacial score (nSPS) is 17.3. The highest BCUT2D eigenvalue weighted by atomic mass is 32.2. The number of carbonyl (C=O) groups is 1.